The van der Waals surface area contributed by atoms with Crippen molar-refractivity contribution in [2.45, 2.75) is 13.5 Å². The van der Waals surface area contributed by atoms with Crippen molar-refractivity contribution in [1.29, 1.82) is 0 Å². The van der Waals surface area contributed by atoms with E-state index in [0.29, 0.717) is 49.9 Å². The van der Waals surface area contributed by atoms with Gasteiger partial charge in [0, 0.05) is 73.2 Å². The smallest absolute Gasteiger partial charge is 0.316 e. The summed E-state index contributed by atoms with van der Waals surface area (Å²) >= 11 is 0. The number of pyridine rings is 1. The lowest BCUT2D eigenvalue weighted by Crippen LogP contribution is -2.49. The molecule has 0 aliphatic carbocycles. The van der Waals surface area contributed by atoms with Crippen LogP contribution in [-0.4, -0.2) is 63.1 Å². The van der Waals surface area contributed by atoms with Gasteiger partial charge in [0.2, 0.25) is 5.91 Å². The van der Waals surface area contributed by atoms with Crippen molar-refractivity contribution >= 4 is 22.5 Å². The van der Waals surface area contributed by atoms with Gasteiger partial charge in [-0.25, -0.2) is 14.4 Å². The molecule has 0 bridgehead atoms. The van der Waals surface area contributed by atoms with E-state index < -0.39 is 0 Å². The summed E-state index contributed by atoms with van der Waals surface area (Å²) in [6, 6.07) is 8.95. The molecule has 1 aliphatic rings. The van der Waals surface area contributed by atoms with Crippen LogP contribution in [0.15, 0.2) is 61.3 Å². The molecule has 0 N–H and O–H groups in total. The number of rotatable bonds is 6. The first-order valence-electron chi connectivity index (χ1n) is 11.3. The lowest BCUT2D eigenvalue weighted by molar-refractivity contribution is -0.132. The summed E-state index contributed by atoms with van der Waals surface area (Å²) in [4.78, 5) is 29.6. The quantitative estimate of drug-likeness (QED) is 0.439. The minimum absolute atomic E-state index is 0.0697. The van der Waals surface area contributed by atoms with Crippen molar-refractivity contribution in [1.82, 2.24) is 24.4 Å². The molecule has 0 unspecified atom stereocenters. The van der Waals surface area contributed by atoms with Gasteiger partial charge in [-0.3, -0.25) is 9.78 Å². The van der Waals surface area contributed by atoms with Crippen LogP contribution in [0.25, 0.3) is 22.0 Å². The van der Waals surface area contributed by atoms with E-state index in [1.165, 1.54) is 12.1 Å². The molecule has 4 heterocycles. The maximum Gasteiger partial charge on any atom is 0.316 e. The van der Waals surface area contributed by atoms with Crippen molar-refractivity contribution in [3.8, 4) is 17.1 Å². The highest BCUT2D eigenvalue weighted by Gasteiger charge is 2.24. The van der Waals surface area contributed by atoms with Gasteiger partial charge in [0.15, 0.2) is 0 Å². The zero-order valence-corrected chi connectivity index (χ0v) is 18.9. The molecule has 1 saturated heterocycles. The number of hydrogen-bond donors (Lipinski definition) is 0. The predicted molar refractivity (Wildman–Crippen MR) is 127 cm³/mol. The molecule has 9 heteroatoms. The Hall–Kier alpha value is -4.01. The lowest BCUT2D eigenvalue weighted by Gasteiger charge is -2.37. The zero-order valence-electron chi connectivity index (χ0n) is 18.9. The van der Waals surface area contributed by atoms with Crippen LogP contribution in [0.3, 0.4) is 0 Å². The Labute approximate surface area is 196 Å². The van der Waals surface area contributed by atoms with E-state index in [1.54, 1.807) is 30.9 Å². The van der Waals surface area contributed by atoms with E-state index in [1.807, 2.05) is 34.7 Å². The number of fused-ring (bicyclic) bond motifs is 1. The van der Waals surface area contributed by atoms with Crippen LogP contribution < -0.4 is 9.64 Å². The number of amides is 1. The van der Waals surface area contributed by atoms with Crippen molar-refractivity contribution in [3.63, 3.8) is 0 Å². The summed E-state index contributed by atoms with van der Waals surface area (Å²) in [7, 11) is 0. The zero-order chi connectivity index (χ0) is 23.5. The van der Waals surface area contributed by atoms with Crippen LogP contribution in [0.5, 0.6) is 6.01 Å². The number of aromatic nitrogens is 4. The summed E-state index contributed by atoms with van der Waals surface area (Å²) in [5, 5.41) is 1.06. The van der Waals surface area contributed by atoms with E-state index in [9.17, 15) is 9.18 Å². The molecule has 1 aromatic carbocycles. The minimum Gasteiger partial charge on any atom is -0.464 e. The number of benzene rings is 1. The van der Waals surface area contributed by atoms with Gasteiger partial charge in [0.25, 0.3) is 0 Å². The van der Waals surface area contributed by atoms with Gasteiger partial charge >= 0.3 is 6.01 Å². The molecule has 8 nitrogen and oxygen atoms in total. The average Bonchev–Trinajstić information content (AvgIpc) is 3.27. The highest BCUT2D eigenvalue weighted by atomic mass is 19.1. The Morgan fingerprint density at radius 2 is 1.85 bits per heavy atom. The van der Waals surface area contributed by atoms with Gasteiger partial charge in [-0.2, -0.15) is 0 Å². The molecule has 5 rings (SSSR count). The van der Waals surface area contributed by atoms with Gasteiger partial charge in [-0.05, 0) is 37.3 Å². The summed E-state index contributed by atoms with van der Waals surface area (Å²) in [5.41, 5.74) is 3.27. The normalized spacial score (nSPS) is 13.9. The highest BCUT2D eigenvalue weighted by Crippen LogP contribution is 2.32. The molecule has 174 valence electrons. The monoisotopic (exact) mass is 460 g/mol. The standard InChI is InChI=1S/C25H25FN6O2/c1-2-34-25-28-14-19(15-29-25)21-13-20(26)3-4-22(21)30-9-11-31(12-10-30)24(33)17-32-8-6-18-5-7-27-16-23(18)32/h3-8,13-16H,2,9-12,17H2,1H3. The number of nitrogens with zero attached hydrogens (tertiary/aromatic N) is 6. The Morgan fingerprint density at radius 3 is 2.62 bits per heavy atom. The molecule has 4 aromatic rings. The fourth-order valence-corrected chi connectivity index (χ4v) is 4.28. The van der Waals surface area contributed by atoms with Crippen LogP contribution in [0.1, 0.15) is 6.92 Å². The van der Waals surface area contributed by atoms with Crippen LogP contribution in [0.4, 0.5) is 10.1 Å². The lowest BCUT2D eigenvalue weighted by atomic mass is 10.0. The maximum atomic E-state index is 14.1. The molecule has 1 aliphatic heterocycles. The van der Waals surface area contributed by atoms with Crippen LogP contribution in [0, 0.1) is 5.82 Å². The third kappa shape index (κ3) is 4.41. The van der Waals surface area contributed by atoms with E-state index in [0.717, 1.165) is 16.6 Å². The SMILES string of the molecule is CCOc1ncc(-c2cc(F)ccc2N2CCN(C(=O)Cn3ccc4ccncc43)CC2)cn1. The molecule has 34 heavy (non-hydrogen) atoms. The molecule has 1 amide bonds. The van der Waals surface area contributed by atoms with Gasteiger partial charge in [-0.15, -0.1) is 0 Å². The summed E-state index contributed by atoms with van der Waals surface area (Å²) in [6.45, 7) is 5.10. The Balaban J connectivity index is 1.28. The maximum absolute atomic E-state index is 14.1. The van der Waals surface area contributed by atoms with Gasteiger partial charge in [0.1, 0.15) is 12.4 Å². The number of carbonyl (C=O) groups is 1. The Morgan fingerprint density at radius 1 is 1.06 bits per heavy atom. The molecule has 1 fully saturated rings. The number of carbonyl (C=O) groups excluding carboxylic acids is 1. The highest BCUT2D eigenvalue weighted by molar-refractivity contribution is 5.83. The van der Waals surface area contributed by atoms with E-state index in [4.69, 9.17) is 4.74 Å². The van der Waals surface area contributed by atoms with E-state index >= 15 is 0 Å². The summed E-state index contributed by atoms with van der Waals surface area (Å²) in [6.07, 6.45) is 8.74. The van der Waals surface area contributed by atoms with Crippen LogP contribution >= 0.6 is 0 Å². The minimum atomic E-state index is -0.324. The van der Waals surface area contributed by atoms with Gasteiger partial charge in [-0.1, -0.05) is 0 Å². The molecule has 0 spiro atoms. The fourth-order valence-electron chi connectivity index (χ4n) is 4.28. The largest absolute Gasteiger partial charge is 0.464 e. The van der Waals surface area contributed by atoms with Crippen LogP contribution in [0.2, 0.25) is 0 Å². The molecule has 3 aromatic heterocycles. The third-order valence-corrected chi connectivity index (χ3v) is 6.03. The third-order valence-electron chi connectivity index (χ3n) is 6.03. The van der Waals surface area contributed by atoms with Crippen molar-refractivity contribution in [2.75, 3.05) is 37.7 Å². The molecule has 0 saturated carbocycles. The summed E-state index contributed by atoms with van der Waals surface area (Å²) in [5.74, 6) is -0.255. The van der Waals surface area contributed by atoms with Crippen molar-refractivity contribution in [3.05, 3.63) is 67.1 Å². The Bertz CT molecular complexity index is 1300. The second-order valence-electron chi connectivity index (χ2n) is 8.09. The van der Waals surface area contributed by atoms with E-state index in [-0.39, 0.29) is 18.3 Å². The second-order valence-corrected chi connectivity index (χ2v) is 8.09. The first kappa shape index (κ1) is 21.8. The number of anilines is 1. The number of hydrogen-bond acceptors (Lipinski definition) is 6. The van der Waals surface area contributed by atoms with Gasteiger partial charge < -0.3 is 19.1 Å². The summed E-state index contributed by atoms with van der Waals surface area (Å²) < 4.78 is 21.4. The predicted octanol–water partition coefficient (Wildman–Crippen LogP) is 3.38. The van der Waals surface area contributed by atoms with Crippen LogP contribution in [-0.2, 0) is 11.3 Å². The first-order chi connectivity index (χ1) is 16.6. The number of ether oxygens (including phenoxy) is 1. The molecular weight excluding hydrogens is 435 g/mol. The molecule has 0 radical (unpaired) electrons. The number of piperazine rings is 1. The Kier molecular flexibility index (Phi) is 6.07. The van der Waals surface area contributed by atoms with Crippen molar-refractivity contribution in [2.24, 2.45) is 0 Å². The topological polar surface area (TPSA) is 76.4 Å². The second kappa shape index (κ2) is 9.46. The first-order valence-corrected chi connectivity index (χ1v) is 11.3. The fraction of sp³-hybridized carbons (Fsp3) is 0.280. The number of halogens is 1. The average molecular weight is 461 g/mol. The molecular formula is C25H25FN6O2. The van der Waals surface area contributed by atoms with E-state index in [2.05, 4.69) is 19.9 Å². The van der Waals surface area contributed by atoms with Gasteiger partial charge in [0.05, 0.1) is 18.3 Å². The van der Waals surface area contributed by atoms with Crippen molar-refractivity contribution < 1.29 is 13.9 Å². The molecule has 0 atom stereocenters.